The first-order valence-corrected chi connectivity index (χ1v) is 10.8. The largest absolute Gasteiger partial charge is 0.468 e. The molecule has 2 aromatic rings. The summed E-state index contributed by atoms with van der Waals surface area (Å²) in [4.78, 5) is 38.9. The van der Waals surface area contributed by atoms with Gasteiger partial charge >= 0.3 is 5.97 Å². The highest BCUT2D eigenvalue weighted by Crippen LogP contribution is 2.36. The predicted octanol–water partition coefficient (Wildman–Crippen LogP) is 4.43. The van der Waals surface area contributed by atoms with Crippen molar-refractivity contribution in [2.75, 3.05) is 13.7 Å². The third-order valence-corrected chi connectivity index (χ3v) is 6.58. The van der Waals surface area contributed by atoms with Crippen molar-refractivity contribution in [2.24, 2.45) is 5.92 Å². The number of ether oxygens (including phenoxy) is 1. The van der Waals surface area contributed by atoms with Gasteiger partial charge in [-0.15, -0.1) is 0 Å². The molecule has 0 unspecified atom stereocenters. The minimum absolute atomic E-state index is 0.0913. The first-order valence-electron chi connectivity index (χ1n) is 9.97. The van der Waals surface area contributed by atoms with Crippen molar-refractivity contribution >= 4 is 45.9 Å². The van der Waals surface area contributed by atoms with Gasteiger partial charge in [0.25, 0.3) is 11.1 Å². The average Bonchev–Trinajstić information content (AvgIpc) is 3.21. The molecule has 1 aromatic carbocycles. The van der Waals surface area contributed by atoms with E-state index >= 15 is 0 Å². The predicted molar refractivity (Wildman–Crippen MR) is 113 cm³/mol. The highest BCUT2D eigenvalue weighted by molar-refractivity contribution is 8.18. The summed E-state index contributed by atoms with van der Waals surface area (Å²) in [5, 5.41) is 0.737. The number of hydrogen-bond donors (Lipinski definition) is 0. The van der Waals surface area contributed by atoms with E-state index < -0.39 is 0 Å². The Morgan fingerprint density at radius 1 is 1.21 bits per heavy atom. The van der Waals surface area contributed by atoms with E-state index in [9.17, 15) is 14.4 Å². The van der Waals surface area contributed by atoms with Crippen LogP contribution in [-0.2, 0) is 20.9 Å². The lowest BCUT2D eigenvalue weighted by molar-refractivity contribution is -0.141. The molecule has 2 fully saturated rings. The molecule has 1 aliphatic heterocycles. The Morgan fingerprint density at radius 3 is 2.72 bits per heavy atom. The molecule has 1 aromatic heterocycles. The number of nitrogens with zero attached hydrogens (tertiary/aromatic N) is 2. The van der Waals surface area contributed by atoms with Crippen LogP contribution in [0.25, 0.3) is 17.0 Å². The van der Waals surface area contributed by atoms with Gasteiger partial charge in [0, 0.05) is 29.2 Å². The fraction of sp³-hybridized carbons (Fsp3) is 0.409. The minimum Gasteiger partial charge on any atom is -0.468 e. The summed E-state index contributed by atoms with van der Waals surface area (Å²) < 4.78 is 6.58. The number of thioether (sulfide) groups is 1. The second kappa shape index (κ2) is 8.45. The normalized spacial score (nSPS) is 19.5. The molecule has 2 heterocycles. The van der Waals surface area contributed by atoms with Gasteiger partial charge in [0.15, 0.2) is 0 Å². The van der Waals surface area contributed by atoms with Crippen molar-refractivity contribution in [3.05, 3.63) is 40.9 Å². The molecular formula is C22H24N2O4S. The number of imide groups is 1. The summed E-state index contributed by atoms with van der Waals surface area (Å²) in [6.07, 6.45) is 9.36. The van der Waals surface area contributed by atoms with Crippen LogP contribution in [0.2, 0.25) is 0 Å². The molecule has 1 saturated carbocycles. The second-order valence-electron chi connectivity index (χ2n) is 7.60. The van der Waals surface area contributed by atoms with Crippen LogP contribution in [0.4, 0.5) is 4.79 Å². The van der Waals surface area contributed by atoms with E-state index in [0.29, 0.717) is 17.4 Å². The molecule has 7 heteroatoms. The fourth-order valence-electron chi connectivity index (χ4n) is 4.15. The van der Waals surface area contributed by atoms with Crippen LogP contribution in [0.5, 0.6) is 0 Å². The number of carbonyl (C=O) groups excluding carboxylic acids is 3. The smallest absolute Gasteiger partial charge is 0.325 e. The van der Waals surface area contributed by atoms with Gasteiger partial charge in [-0.2, -0.15) is 0 Å². The zero-order chi connectivity index (χ0) is 20.4. The summed E-state index contributed by atoms with van der Waals surface area (Å²) in [5.74, 6) is -0.140. The topological polar surface area (TPSA) is 68.6 Å². The van der Waals surface area contributed by atoms with E-state index in [2.05, 4.69) is 0 Å². The summed E-state index contributed by atoms with van der Waals surface area (Å²) in [6, 6.07) is 7.68. The van der Waals surface area contributed by atoms with E-state index in [1.165, 1.54) is 31.3 Å². The van der Waals surface area contributed by atoms with E-state index in [1.807, 2.05) is 30.5 Å². The Hall–Kier alpha value is -2.54. The Balaban J connectivity index is 1.60. The van der Waals surface area contributed by atoms with Crippen molar-refractivity contribution in [2.45, 2.75) is 38.6 Å². The molecule has 1 saturated heterocycles. The number of benzene rings is 1. The number of methoxy groups -OCH3 is 1. The number of esters is 1. The molecule has 152 valence electrons. The van der Waals surface area contributed by atoms with Crippen molar-refractivity contribution < 1.29 is 19.1 Å². The zero-order valence-corrected chi connectivity index (χ0v) is 17.2. The maximum Gasteiger partial charge on any atom is 0.325 e. The molecule has 2 aliphatic rings. The number of carbonyl (C=O) groups is 3. The number of fused-ring (bicyclic) bond motifs is 1. The third-order valence-electron chi connectivity index (χ3n) is 5.67. The zero-order valence-electron chi connectivity index (χ0n) is 16.4. The van der Waals surface area contributed by atoms with Gasteiger partial charge in [-0.1, -0.05) is 37.5 Å². The number of aromatic nitrogens is 1. The first kappa shape index (κ1) is 19.8. The van der Waals surface area contributed by atoms with Crippen LogP contribution >= 0.6 is 11.8 Å². The van der Waals surface area contributed by atoms with Gasteiger partial charge in [0.2, 0.25) is 0 Å². The van der Waals surface area contributed by atoms with Crippen molar-refractivity contribution in [1.82, 2.24) is 9.47 Å². The van der Waals surface area contributed by atoms with E-state index in [0.717, 1.165) is 41.1 Å². The fourth-order valence-corrected chi connectivity index (χ4v) is 4.99. The Labute approximate surface area is 173 Å². The van der Waals surface area contributed by atoms with Gasteiger partial charge in [0.05, 0.1) is 12.0 Å². The summed E-state index contributed by atoms with van der Waals surface area (Å²) in [6.45, 7) is 0.611. The maximum absolute atomic E-state index is 12.9. The first-order chi connectivity index (χ1) is 14.1. The Morgan fingerprint density at radius 2 is 1.97 bits per heavy atom. The number of amides is 2. The van der Waals surface area contributed by atoms with E-state index in [4.69, 9.17) is 4.74 Å². The summed E-state index contributed by atoms with van der Waals surface area (Å²) in [7, 11) is 1.36. The molecule has 0 bridgehead atoms. The lowest BCUT2D eigenvalue weighted by Gasteiger charge is -2.25. The highest BCUT2D eigenvalue weighted by Gasteiger charge is 2.36. The van der Waals surface area contributed by atoms with E-state index in [-0.39, 0.29) is 23.7 Å². The summed E-state index contributed by atoms with van der Waals surface area (Å²) in [5.41, 5.74) is 1.69. The van der Waals surface area contributed by atoms with Crippen LogP contribution in [0, 0.1) is 5.92 Å². The van der Waals surface area contributed by atoms with Crippen molar-refractivity contribution in [3.8, 4) is 0 Å². The van der Waals surface area contributed by atoms with Crippen molar-refractivity contribution in [1.29, 1.82) is 0 Å². The molecule has 0 spiro atoms. The molecule has 29 heavy (non-hydrogen) atoms. The summed E-state index contributed by atoms with van der Waals surface area (Å²) >= 11 is 0.999. The number of rotatable bonds is 5. The van der Waals surface area contributed by atoms with Crippen LogP contribution in [-0.4, -0.2) is 40.2 Å². The van der Waals surface area contributed by atoms with Gasteiger partial charge in [-0.3, -0.25) is 19.3 Å². The van der Waals surface area contributed by atoms with E-state index in [1.54, 1.807) is 10.6 Å². The van der Waals surface area contributed by atoms with Gasteiger partial charge < -0.3 is 9.30 Å². The maximum atomic E-state index is 12.9. The average molecular weight is 413 g/mol. The number of para-hydroxylation sites is 1. The molecule has 0 atom stereocenters. The third kappa shape index (κ3) is 4.10. The van der Waals surface area contributed by atoms with Gasteiger partial charge in [0.1, 0.15) is 6.54 Å². The second-order valence-corrected chi connectivity index (χ2v) is 8.60. The SMILES string of the molecule is COC(=O)Cn1cc(/C=C2/SC(=O)N(CC3CCCCC3)C2=O)c2ccccc21. The van der Waals surface area contributed by atoms with Gasteiger partial charge in [-0.05, 0) is 42.7 Å². The molecule has 2 amide bonds. The molecule has 1 aliphatic carbocycles. The Kier molecular flexibility index (Phi) is 5.76. The monoisotopic (exact) mass is 412 g/mol. The molecule has 0 N–H and O–H groups in total. The number of hydrogen-bond acceptors (Lipinski definition) is 5. The minimum atomic E-state index is -0.342. The molecular weight excluding hydrogens is 388 g/mol. The van der Waals surface area contributed by atoms with Crippen LogP contribution in [0.3, 0.4) is 0 Å². The van der Waals surface area contributed by atoms with Gasteiger partial charge in [-0.25, -0.2) is 0 Å². The molecule has 4 rings (SSSR count). The van der Waals surface area contributed by atoms with Crippen LogP contribution in [0.15, 0.2) is 35.4 Å². The Bertz CT molecular complexity index is 988. The lowest BCUT2D eigenvalue weighted by Crippen LogP contribution is -2.34. The molecule has 6 nitrogen and oxygen atoms in total. The highest BCUT2D eigenvalue weighted by atomic mass is 32.2. The standard InChI is InChI=1S/C22H24N2O4S/c1-28-20(25)14-23-13-16(17-9-5-6-10-18(17)23)11-19-21(26)24(22(27)29-19)12-15-7-3-2-4-8-15/h5-6,9-11,13,15H,2-4,7-8,12,14H2,1H3/b19-11+. The molecule has 0 radical (unpaired) electrons. The lowest BCUT2D eigenvalue weighted by atomic mass is 9.89. The van der Waals surface area contributed by atoms with Crippen molar-refractivity contribution in [3.63, 3.8) is 0 Å². The van der Waals surface area contributed by atoms with Crippen LogP contribution in [0.1, 0.15) is 37.7 Å². The quantitative estimate of drug-likeness (QED) is 0.537. The van der Waals surface area contributed by atoms with Crippen LogP contribution < -0.4 is 0 Å².